The standard InChI is InChI=1S/C53H37N5.C5H8/c1-53(36-22-24-47-43(32-36)52-49(19-10-28-56-52)57(47)37-12-3-2-4-13-37)26-25-35-30-41-39(44(35)33-53)16-9-18-46(41)58-48-23-21-34(31-42(48)51-50(58)20-11-29-55-51)38-14-5-6-15-40(38)45-17-7-8-27-54-45;1-3-5-4-2/h2-29,31-32H,30,33H2,1H3;3-5H,1H2,2H3/b;5-4-. The van der Waals surface area contributed by atoms with E-state index in [1.54, 1.807) is 6.08 Å². The molecular weight excluding hydrogens is 767 g/mol. The van der Waals surface area contributed by atoms with Crippen LogP contribution in [-0.2, 0) is 11.8 Å². The zero-order chi connectivity index (χ0) is 42.5. The van der Waals surface area contributed by atoms with Gasteiger partial charge in [0, 0.05) is 52.4 Å². The Balaban J connectivity index is 0.000000844. The number of benzene rings is 5. The van der Waals surface area contributed by atoms with Gasteiger partial charge in [0.2, 0.25) is 0 Å². The van der Waals surface area contributed by atoms with Gasteiger partial charge in [-0.05, 0) is 131 Å². The maximum Gasteiger partial charge on any atom is 0.0963 e. The van der Waals surface area contributed by atoms with E-state index in [1.165, 1.54) is 44.4 Å². The topological polar surface area (TPSA) is 48.5 Å². The molecule has 5 heterocycles. The summed E-state index contributed by atoms with van der Waals surface area (Å²) in [5, 5.41) is 2.33. The molecule has 0 aliphatic heterocycles. The Morgan fingerprint density at radius 2 is 1.29 bits per heavy atom. The van der Waals surface area contributed by atoms with Crippen LogP contribution < -0.4 is 0 Å². The molecule has 1 unspecified atom stereocenters. The number of hydrogen-bond acceptors (Lipinski definition) is 3. The minimum absolute atomic E-state index is 0.181. The summed E-state index contributed by atoms with van der Waals surface area (Å²) < 4.78 is 4.78. The summed E-state index contributed by atoms with van der Waals surface area (Å²) >= 11 is 0. The van der Waals surface area contributed by atoms with Crippen LogP contribution in [0, 0.1) is 0 Å². The summed E-state index contributed by atoms with van der Waals surface area (Å²) in [7, 11) is 0. The predicted octanol–water partition coefficient (Wildman–Crippen LogP) is 14.4. The van der Waals surface area contributed by atoms with Crippen LogP contribution in [0.25, 0.3) is 83.2 Å². The van der Waals surface area contributed by atoms with Gasteiger partial charge in [0.1, 0.15) is 0 Å². The highest BCUT2D eigenvalue weighted by Gasteiger charge is 2.35. The van der Waals surface area contributed by atoms with E-state index >= 15 is 0 Å². The lowest BCUT2D eigenvalue weighted by molar-refractivity contribution is 0.608. The summed E-state index contributed by atoms with van der Waals surface area (Å²) in [6.07, 6.45) is 17.9. The molecule has 0 amide bonds. The maximum atomic E-state index is 4.99. The van der Waals surface area contributed by atoms with E-state index in [9.17, 15) is 0 Å². The second-order valence-electron chi connectivity index (χ2n) is 16.6. The molecule has 2 aliphatic rings. The first-order valence-electron chi connectivity index (χ1n) is 21.7. The van der Waals surface area contributed by atoms with Crippen molar-refractivity contribution in [1.82, 2.24) is 24.1 Å². The summed E-state index contributed by atoms with van der Waals surface area (Å²) in [5.41, 5.74) is 20.1. The van der Waals surface area contributed by atoms with Crippen LogP contribution in [0.1, 0.15) is 37.0 Å². The number of pyridine rings is 3. The highest BCUT2D eigenvalue weighted by molar-refractivity contribution is 6.09. The molecule has 63 heavy (non-hydrogen) atoms. The lowest BCUT2D eigenvalue weighted by atomic mass is 9.72. The van der Waals surface area contributed by atoms with Crippen molar-refractivity contribution in [2.75, 3.05) is 0 Å². The quantitative estimate of drug-likeness (QED) is 0.157. The van der Waals surface area contributed by atoms with Gasteiger partial charge in [-0.1, -0.05) is 117 Å². The van der Waals surface area contributed by atoms with E-state index in [2.05, 4.69) is 173 Å². The Morgan fingerprint density at radius 1 is 0.603 bits per heavy atom. The summed E-state index contributed by atoms with van der Waals surface area (Å²) in [6.45, 7) is 7.81. The molecule has 0 radical (unpaired) electrons. The van der Waals surface area contributed by atoms with Crippen molar-refractivity contribution >= 4 is 49.4 Å². The van der Waals surface area contributed by atoms with E-state index in [-0.39, 0.29) is 5.41 Å². The number of fused-ring (bicyclic) bond motifs is 8. The van der Waals surface area contributed by atoms with Crippen molar-refractivity contribution in [3.8, 4) is 33.8 Å². The largest absolute Gasteiger partial charge is 0.308 e. The van der Waals surface area contributed by atoms with Gasteiger partial charge in [-0.2, -0.15) is 0 Å². The summed E-state index contributed by atoms with van der Waals surface area (Å²) in [4.78, 5) is 14.6. The molecule has 5 nitrogen and oxygen atoms in total. The minimum atomic E-state index is -0.181. The maximum absolute atomic E-state index is 4.99. The van der Waals surface area contributed by atoms with E-state index in [1.807, 2.05) is 55.9 Å². The van der Waals surface area contributed by atoms with Crippen molar-refractivity contribution in [3.05, 3.63) is 229 Å². The van der Waals surface area contributed by atoms with Crippen LogP contribution in [0.2, 0.25) is 0 Å². The lowest BCUT2D eigenvalue weighted by Crippen LogP contribution is -2.22. The molecule has 5 aromatic carbocycles. The van der Waals surface area contributed by atoms with Gasteiger partial charge in [0.05, 0.1) is 44.5 Å². The Kier molecular flexibility index (Phi) is 9.39. The molecule has 0 fully saturated rings. The van der Waals surface area contributed by atoms with E-state index < -0.39 is 0 Å². The van der Waals surface area contributed by atoms with Crippen LogP contribution in [0.5, 0.6) is 0 Å². The van der Waals surface area contributed by atoms with Gasteiger partial charge in [0.15, 0.2) is 0 Å². The lowest BCUT2D eigenvalue weighted by Gasteiger charge is -2.31. The van der Waals surface area contributed by atoms with Crippen molar-refractivity contribution in [2.24, 2.45) is 0 Å². The fraction of sp³-hybridized carbons (Fsp3) is 0.0862. The molecule has 0 N–H and O–H groups in total. The molecule has 12 rings (SSSR count). The van der Waals surface area contributed by atoms with Crippen LogP contribution in [0.3, 0.4) is 0 Å². The molecule has 10 aromatic rings. The smallest absolute Gasteiger partial charge is 0.0963 e. The van der Waals surface area contributed by atoms with Gasteiger partial charge in [-0.3, -0.25) is 15.0 Å². The first-order valence-corrected chi connectivity index (χ1v) is 21.7. The third kappa shape index (κ3) is 6.35. The molecule has 2 aliphatic carbocycles. The van der Waals surface area contributed by atoms with Gasteiger partial charge in [-0.25, -0.2) is 0 Å². The average molecular weight is 812 g/mol. The third-order valence-electron chi connectivity index (χ3n) is 12.9. The molecule has 0 saturated heterocycles. The van der Waals surface area contributed by atoms with Crippen molar-refractivity contribution in [1.29, 1.82) is 0 Å². The van der Waals surface area contributed by atoms with Crippen LogP contribution in [0.4, 0.5) is 0 Å². The normalized spacial score (nSPS) is 15.6. The SMILES string of the molecule is C=C/C=C\C.CC1(c2ccc3c(c2)c2ncccc2n3-c2ccccc2)C=CC2=C(C1)c1cccc(-n3c4ccc(-c5ccccc5-c5ccccn5)cc4c4ncccc43)c1C2. The fourth-order valence-electron chi connectivity index (χ4n) is 9.92. The zero-order valence-electron chi connectivity index (χ0n) is 35.4. The summed E-state index contributed by atoms with van der Waals surface area (Å²) in [6, 6.07) is 54.4. The summed E-state index contributed by atoms with van der Waals surface area (Å²) in [5.74, 6) is 0. The first kappa shape index (κ1) is 38.1. The predicted molar refractivity (Wildman–Crippen MR) is 263 cm³/mol. The molecule has 5 aromatic heterocycles. The van der Waals surface area contributed by atoms with Crippen LogP contribution in [0.15, 0.2) is 213 Å². The number of para-hydroxylation sites is 1. The number of nitrogens with zero attached hydrogens (tertiary/aromatic N) is 5. The molecule has 0 saturated carbocycles. The fourth-order valence-corrected chi connectivity index (χ4v) is 9.92. The van der Waals surface area contributed by atoms with E-state index in [4.69, 9.17) is 9.97 Å². The Labute approximate surface area is 367 Å². The molecule has 0 spiro atoms. The zero-order valence-corrected chi connectivity index (χ0v) is 35.4. The number of allylic oxidation sites excluding steroid dienone is 7. The Morgan fingerprint density at radius 3 is 2.03 bits per heavy atom. The Bertz CT molecular complexity index is 3490. The van der Waals surface area contributed by atoms with Gasteiger partial charge >= 0.3 is 0 Å². The second kappa shape index (κ2) is 15.5. The number of aromatic nitrogens is 5. The molecule has 1 atom stereocenters. The first-order chi connectivity index (χ1) is 31.0. The Hall–Kier alpha value is -7.89. The third-order valence-corrected chi connectivity index (χ3v) is 12.9. The monoisotopic (exact) mass is 811 g/mol. The average Bonchev–Trinajstić information content (AvgIpc) is 3.99. The number of rotatable bonds is 6. The highest BCUT2D eigenvalue weighted by atomic mass is 15.0. The van der Waals surface area contributed by atoms with E-state index in [0.717, 1.165) is 73.9 Å². The minimum Gasteiger partial charge on any atom is -0.308 e. The van der Waals surface area contributed by atoms with Gasteiger partial charge in [0.25, 0.3) is 0 Å². The van der Waals surface area contributed by atoms with Crippen LogP contribution >= 0.6 is 0 Å². The van der Waals surface area contributed by atoms with Crippen molar-refractivity contribution < 1.29 is 0 Å². The van der Waals surface area contributed by atoms with Crippen molar-refractivity contribution in [2.45, 2.75) is 32.1 Å². The molecular formula is C58H45N5. The second-order valence-corrected chi connectivity index (χ2v) is 16.6. The van der Waals surface area contributed by atoms with Gasteiger partial charge < -0.3 is 9.13 Å². The molecule has 5 heteroatoms. The van der Waals surface area contributed by atoms with Crippen molar-refractivity contribution in [3.63, 3.8) is 0 Å². The molecule has 0 bridgehead atoms. The van der Waals surface area contributed by atoms with Gasteiger partial charge in [-0.15, -0.1) is 0 Å². The van der Waals surface area contributed by atoms with E-state index in [0.29, 0.717) is 0 Å². The van der Waals surface area contributed by atoms with Crippen LogP contribution in [-0.4, -0.2) is 24.1 Å². The highest BCUT2D eigenvalue weighted by Crippen LogP contribution is 2.49. The molecule has 302 valence electrons. The number of hydrogen-bond donors (Lipinski definition) is 0.